The Morgan fingerprint density at radius 1 is 1.60 bits per heavy atom. The Bertz CT molecular complexity index is 231. The molecule has 0 aromatic carbocycles. The summed E-state index contributed by atoms with van der Waals surface area (Å²) in [4.78, 5) is 22.4. The molecule has 0 aromatic heterocycles. The molecule has 2 N–H and O–H groups in total. The van der Waals surface area contributed by atoms with Gasteiger partial charge in [0.1, 0.15) is 0 Å². The second kappa shape index (κ2) is 6.40. The van der Waals surface area contributed by atoms with E-state index < -0.39 is 0 Å². The van der Waals surface area contributed by atoms with Crippen molar-refractivity contribution in [3.8, 4) is 0 Å². The molecule has 1 saturated heterocycles. The summed E-state index contributed by atoms with van der Waals surface area (Å²) >= 11 is 0. The molecule has 1 atom stereocenters. The fraction of sp³-hybridized carbons (Fsp3) is 0.800. The van der Waals surface area contributed by atoms with Gasteiger partial charge in [-0.15, -0.1) is 0 Å². The van der Waals surface area contributed by atoms with E-state index in [1.807, 2.05) is 0 Å². The van der Waals surface area contributed by atoms with Crippen LogP contribution in [0.2, 0.25) is 0 Å². The van der Waals surface area contributed by atoms with Crippen molar-refractivity contribution in [2.75, 3.05) is 26.8 Å². The molecule has 0 bridgehead atoms. The van der Waals surface area contributed by atoms with Gasteiger partial charge in [0.05, 0.1) is 5.92 Å². The number of amides is 2. The SMILES string of the molecule is COCCCCNC(=O)C1CNC(=O)C1. The minimum absolute atomic E-state index is 0.0224. The maximum absolute atomic E-state index is 11.5. The van der Waals surface area contributed by atoms with E-state index in [1.54, 1.807) is 7.11 Å². The lowest BCUT2D eigenvalue weighted by atomic mass is 10.1. The lowest BCUT2D eigenvalue weighted by Crippen LogP contribution is -2.32. The van der Waals surface area contributed by atoms with Gasteiger partial charge in [-0.1, -0.05) is 0 Å². The zero-order chi connectivity index (χ0) is 11.1. The van der Waals surface area contributed by atoms with Crippen LogP contribution in [-0.4, -0.2) is 38.6 Å². The Morgan fingerprint density at radius 2 is 2.40 bits per heavy atom. The fourth-order valence-corrected chi connectivity index (χ4v) is 1.52. The van der Waals surface area contributed by atoms with Gasteiger partial charge < -0.3 is 15.4 Å². The molecule has 0 spiro atoms. The van der Waals surface area contributed by atoms with Crippen LogP contribution in [0, 0.1) is 5.92 Å². The molecule has 0 aromatic rings. The summed E-state index contributed by atoms with van der Waals surface area (Å²) in [7, 11) is 1.66. The molecule has 1 aliphatic heterocycles. The summed E-state index contributed by atoms with van der Waals surface area (Å²) in [6.07, 6.45) is 2.18. The zero-order valence-electron chi connectivity index (χ0n) is 9.04. The van der Waals surface area contributed by atoms with Crippen molar-refractivity contribution in [2.45, 2.75) is 19.3 Å². The van der Waals surface area contributed by atoms with Crippen molar-refractivity contribution in [2.24, 2.45) is 5.92 Å². The highest BCUT2D eigenvalue weighted by Crippen LogP contribution is 2.08. The molecule has 1 heterocycles. The number of nitrogens with one attached hydrogen (secondary N) is 2. The van der Waals surface area contributed by atoms with Crippen molar-refractivity contribution < 1.29 is 14.3 Å². The molecule has 86 valence electrons. The first-order valence-electron chi connectivity index (χ1n) is 5.27. The third-order valence-corrected chi connectivity index (χ3v) is 2.42. The van der Waals surface area contributed by atoms with Gasteiger partial charge >= 0.3 is 0 Å². The second-order valence-corrected chi connectivity index (χ2v) is 3.70. The lowest BCUT2D eigenvalue weighted by molar-refractivity contribution is -0.126. The summed E-state index contributed by atoms with van der Waals surface area (Å²) < 4.78 is 4.90. The van der Waals surface area contributed by atoms with Crippen molar-refractivity contribution >= 4 is 11.8 Å². The standard InChI is InChI=1S/C10H18N2O3/c1-15-5-3-2-4-11-10(14)8-6-9(13)12-7-8/h8H,2-7H2,1H3,(H,11,14)(H,12,13). The van der Waals surface area contributed by atoms with Crippen LogP contribution in [0.3, 0.4) is 0 Å². The number of unbranched alkanes of at least 4 members (excludes halogenated alkanes) is 1. The average Bonchev–Trinajstić information content (AvgIpc) is 2.64. The van der Waals surface area contributed by atoms with Crippen molar-refractivity contribution in [1.82, 2.24) is 10.6 Å². The van der Waals surface area contributed by atoms with Gasteiger partial charge in [-0.25, -0.2) is 0 Å². The molecule has 5 nitrogen and oxygen atoms in total. The molecule has 0 saturated carbocycles. The molecule has 5 heteroatoms. The highest BCUT2D eigenvalue weighted by molar-refractivity contribution is 5.89. The van der Waals surface area contributed by atoms with Gasteiger partial charge in [-0.2, -0.15) is 0 Å². The number of hydrogen-bond acceptors (Lipinski definition) is 3. The fourth-order valence-electron chi connectivity index (χ4n) is 1.52. The van der Waals surface area contributed by atoms with Gasteiger partial charge in [0, 0.05) is 33.2 Å². The molecule has 1 rings (SSSR count). The van der Waals surface area contributed by atoms with Crippen LogP contribution in [0.4, 0.5) is 0 Å². The van der Waals surface area contributed by atoms with Crippen LogP contribution in [0.1, 0.15) is 19.3 Å². The molecule has 1 aliphatic rings. The number of carbonyl (C=O) groups excluding carboxylic acids is 2. The number of ether oxygens (including phenoxy) is 1. The molecule has 1 fully saturated rings. The van der Waals surface area contributed by atoms with Crippen LogP contribution >= 0.6 is 0 Å². The topological polar surface area (TPSA) is 67.4 Å². The Kier molecular flexibility index (Phi) is 5.10. The van der Waals surface area contributed by atoms with Crippen LogP contribution in [0.15, 0.2) is 0 Å². The third-order valence-electron chi connectivity index (χ3n) is 2.42. The van der Waals surface area contributed by atoms with E-state index >= 15 is 0 Å². The Hall–Kier alpha value is -1.10. The minimum atomic E-state index is -0.181. The zero-order valence-corrected chi connectivity index (χ0v) is 9.04. The van der Waals surface area contributed by atoms with Crippen molar-refractivity contribution in [3.63, 3.8) is 0 Å². The highest BCUT2D eigenvalue weighted by Gasteiger charge is 2.27. The summed E-state index contributed by atoms with van der Waals surface area (Å²) in [6, 6.07) is 0. The first-order chi connectivity index (χ1) is 7.24. The largest absolute Gasteiger partial charge is 0.385 e. The molecule has 1 unspecified atom stereocenters. The number of hydrogen-bond donors (Lipinski definition) is 2. The molecule has 0 radical (unpaired) electrons. The molecule has 2 amide bonds. The quantitative estimate of drug-likeness (QED) is 0.595. The predicted octanol–water partition coefficient (Wildman–Crippen LogP) is -0.335. The number of methoxy groups -OCH3 is 1. The molecular weight excluding hydrogens is 196 g/mol. The Morgan fingerprint density at radius 3 is 3.00 bits per heavy atom. The van der Waals surface area contributed by atoms with Crippen LogP contribution in [0.25, 0.3) is 0 Å². The van der Waals surface area contributed by atoms with Gasteiger partial charge in [-0.05, 0) is 12.8 Å². The van der Waals surface area contributed by atoms with E-state index in [-0.39, 0.29) is 17.7 Å². The van der Waals surface area contributed by atoms with Crippen molar-refractivity contribution in [3.05, 3.63) is 0 Å². The summed E-state index contributed by atoms with van der Waals surface area (Å²) in [5.41, 5.74) is 0. The number of carbonyl (C=O) groups is 2. The van der Waals surface area contributed by atoms with Gasteiger partial charge in [0.15, 0.2) is 0 Å². The second-order valence-electron chi connectivity index (χ2n) is 3.70. The van der Waals surface area contributed by atoms with E-state index in [4.69, 9.17) is 4.74 Å². The smallest absolute Gasteiger partial charge is 0.225 e. The molecule has 15 heavy (non-hydrogen) atoms. The summed E-state index contributed by atoms with van der Waals surface area (Å²) in [5, 5.41) is 5.46. The Labute approximate surface area is 89.6 Å². The van der Waals surface area contributed by atoms with Crippen LogP contribution < -0.4 is 10.6 Å². The van der Waals surface area contributed by atoms with Gasteiger partial charge in [0.25, 0.3) is 0 Å². The molecular formula is C10H18N2O3. The monoisotopic (exact) mass is 214 g/mol. The van der Waals surface area contributed by atoms with E-state index in [9.17, 15) is 9.59 Å². The Balaban J connectivity index is 2.06. The van der Waals surface area contributed by atoms with Crippen LogP contribution in [-0.2, 0) is 14.3 Å². The van der Waals surface area contributed by atoms with E-state index in [0.717, 1.165) is 19.4 Å². The minimum Gasteiger partial charge on any atom is -0.385 e. The summed E-state index contributed by atoms with van der Waals surface area (Å²) in [5.74, 6) is -0.236. The lowest BCUT2D eigenvalue weighted by Gasteiger charge is -2.08. The van der Waals surface area contributed by atoms with E-state index in [1.165, 1.54) is 0 Å². The molecule has 0 aliphatic carbocycles. The average molecular weight is 214 g/mol. The third kappa shape index (κ3) is 4.29. The summed E-state index contributed by atoms with van der Waals surface area (Å²) in [6.45, 7) is 1.86. The van der Waals surface area contributed by atoms with Crippen LogP contribution in [0.5, 0.6) is 0 Å². The highest BCUT2D eigenvalue weighted by atomic mass is 16.5. The first kappa shape index (κ1) is 12.0. The van der Waals surface area contributed by atoms with E-state index in [0.29, 0.717) is 19.5 Å². The normalized spacial score (nSPS) is 20.1. The maximum atomic E-state index is 11.5. The number of rotatable bonds is 6. The maximum Gasteiger partial charge on any atom is 0.225 e. The van der Waals surface area contributed by atoms with Gasteiger partial charge in [-0.3, -0.25) is 9.59 Å². The van der Waals surface area contributed by atoms with Gasteiger partial charge in [0.2, 0.25) is 11.8 Å². The van der Waals surface area contributed by atoms with E-state index in [2.05, 4.69) is 10.6 Å². The van der Waals surface area contributed by atoms with Crippen molar-refractivity contribution in [1.29, 1.82) is 0 Å². The predicted molar refractivity (Wildman–Crippen MR) is 55.2 cm³/mol. The first-order valence-corrected chi connectivity index (χ1v) is 5.27.